The van der Waals surface area contributed by atoms with Crippen LogP contribution in [0.2, 0.25) is 5.02 Å². The highest BCUT2D eigenvalue weighted by atomic mass is 35.5. The monoisotopic (exact) mass is 431 g/mol. The number of aromatic nitrogens is 3. The first-order valence-electron chi connectivity index (χ1n) is 10.3. The maximum atomic E-state index is 12.5. The van der Waals surface area contributed by atoms with E-state index in [-0.39, 0.29) is 12.2 Å². The fourth-order valence-corrected chi connectivity index (χ4v) is 4.06. The van der Waals surface area contributed by atoms with E-state index >= 15 is 0 Å². The Balaban J connectivity index is 1.46. The zero-order valence-electron chi connectivity index (χ0n) is 16.7. The Labute approximate surface area is 180 Å². The highest BCUT2D eigenvalue weighted by Crippen LogP contribution is 2.27. The minimum atomic E-state index is -0.645. The molecule has 2 aliphatic rings. The van der Waals surface area contributed by atoms with E-state index < -0.39 is 12.0 Å². The highest BCUT2D eigenvalue weighted by Gasteiger charge is 2.31. The predicted octanol–water partition coefficient (Wildman–Crippen LogP) is 1.72. The summed E-state index contributed by atoms with van der Waals surface area (Å²) in [5.41, 5.74) is 1.90. The van der Waals surface area contributed by atoms with Crippen LogP contribution in [-0.4, -0.2) is 64.8 Å². The summed E-state index contributed by atoms with van der Waals surface area (Å²) in [5, 5.41) is 16.8. The number of ketones is 1. The van der Waals surface area contributed by atoms with Crippen molar-refractivity contribution in [1.82, 2.24) is 20.3 Å². The van der Waals surface area contributed by atoms with Crippen LogP contribution in [0.25, 0.3) is 11.3 Å². The Morgan fingerprint density at radius 1 is 1.27 bits per heavy atom. The number of hydrogen-bond donors (Lipinski definition) is 3. The Morgan fingerprint density at radius 3 is 2.87 bits per heavy atom. The van der Waals surface area contributed by atoms with Gasteiger partial charge >= 0.3 is 0 Å². The second kappa shape index (κ2) is 9.78. The van der Waals surface area contributed by atoms with Crippen LogP contribution in [0.5, 0.6) is 0 Å². The van der Waals surface area contributed by atoms with Gasteiger partial charge in [0.1, 0.15) is 11.6 Å². The molecule has 2 aromatic rings. The van der Waals surface area contributed by atoms with Crippen LogP contribution in [0.4, 0.5) is 5.82 Å². The van der Waals surface area contributed by atoms with Crippen molar-refractivity contribution in [2.75, 3.05) is 38.2 Å². The van der Waals surface area contributed by atoms with Crippen LogP contribution >= 0.6 is 11.6 Å². The van der Waals surface area contributed by atoms with Gasteiger partial charge in [0, 0.05) is 56.7 Å². The molecule has 3 N–H and O–H groups in total. The van der Waals surface area contributed by atoms with Gasteiger partial charge in [-0.2, -0.15) is 0 Å². The van der Waals surface area contributed by atoms with Crippen molar-refractivity contribution < 1.29 is 14.6 Å². The van der Waals surface area contributed by atoms with E-state index in [0.717, 1.165) is 32.6 Å². The Morgan fingerprint density at radius 2 is 2.10 bits per heavy atom. The highest BCUT2D eigenvalue weighted by molar-refractivity contribution is 6.33. The van der Waals surface area contributed by atoms with E-state index in [4.69, 9.17) is 16.3 Å². The maximum Gasteiger partial charge on any atom is 0.145 e. The minimum absolute atomic E-state index is 0.0359. The summed E-state index contributed by atoms with van der Waals surface area (Å²) in [5.74, 6) is 0.811. The van der Waals surface area contributed by atoms with Gasteiger partial charge in [0.25, 0.3) is 0 Å². The molecule has 160 valence electrons. The van der Waals surface area contributed by atoms with E-state index in [1.54, 1.807) is 18.5 Å². The number of β-amino-alcohol motifs (C(OH)–C–C–N with tert-alkyl or cyclic N) is 1. The number of nitrogens with zero attached hydrogens (tertiary/aromatic N) is 3. The molecule has 2 aromatic heterocycles. The standard InChI is InChI=1S/C21H26ClN5O3/c22-17-9-25-14(6-19(28)16-8-23-11-20(16)29)5-15(17)18-10-24-12-21(27-18)26-7-13-1-3-30-4-2-13/h5,9-10,12-13,16,20,23,29H,1-4,6-8,11H2,(H,26,27)/t16-,20+/m1/s1. The lowest BCUT2D eigenvalue weighted by molar-refractivity contribution is -0.124. The van der Waals surface area contributed by atoms with Crippen LogP contribution in [0.3, 0.4) is 0 Å². The number of ether oxygens (including phenoxy) is 1. The average molecular weight is 432 g/mol. The summed E-state index contributed by atoms with van der Waals surface area (Å²) in [6, 6.07) is 1.78. The average Bonchev–Trinajstić information content (AvgIpc) is 3.20. The molecule has 0 aromatic carbocycles. The largest absolute Gasteiger partial charge is 0.391 e. The number of aliphatic hydroxyl groups is 1. The second-order valence-corrected chi connectivity index (χ2v) is 8.26. The molecule has 4 heterocycles. The molecular weight excluding hydrogens is 406 g/mol. The SMILES string of the molecule is O=C(Cc1cc(-c2cncc(NCC3CCOCC3)n2)c(Cl)cn1)[C@H]1CNC[C@@H]1O. The number of hydrogen-bond acceptors (Lipinski definition) is 8. The topological polar surface area (TPSA) is 109 Å². The quantitative estimate of drug-likeness (QED) is 0.608. The summed E-state index contributed by atoms with van der Waals surface area (Å²) >= 11 is 6.37. The smallest absolute Gasteiger partial charge is 0.145 e. The van der Waals surface area contributed by atoms with Crippen molar-refractivity contribution in [2.24, 2.45) is 11.8 Å². The van der Waals surface area contributed by atoms with Gasteiger partial charge in [0.05, 0.1) is 35.1 Å². The van der Waals surface area contributed by atoms with Crippen molar-refractivity contribution in [3.05, 3.63) is 35.4 Å². The van der Waals surface area contributed by atoms with Crippen LogP contribution in [0.1, 0.15) is 18.5 Å². The molecule has 4 rings (SSSR count). The summed E-state index contributed by atoms with van der Waals surface area (Å²) in [7, 11) is 0. The molecule has 0 saturated carbocycles. The van der Waals surface area contributed by atoms with Crippen molar-refractivity contribution in [3.8, 4) is 11.3 Å². The lowest BCUT2D eigenvalue weighted by Crippen LogP contribution is -2.28. The Hall–Kier alpha value is -2.13. The number of rotatable bonds is 7. The van der Waals surface area contributed by atoms with E-state index in [0.29, 0.717) is 46.8 Å². The lowest BCUT2D eigenvalue weighted by atomic mass is 9.96. The van der Waals surface area contributed by atoms with Crippen LogP contribution in [-0.2, 0) is 16.0 Å². The first-order valence-corrected chi connectivity index (χ1v) is 10.7. The van der Waals surface area contributed by atoms with Crippen LogP contribution in [0, 0.1) is 11.8 Å². The number of Topliss-reactive ketones (excluding diaryl/α,β-unsaturated/α-hetero) is 1. The van der Waals surface area contributed by atoms with Gasteiger partial charge in [-0.1, -0.05) is 11.6 Å². The molecule has 0 aliphatic carbocycles. The van der Waals surface area contributed by atoms with E-state index in [2.05, 4.69) is 25.6 Å². The first-order chi connectivity index (χ1) is 14.6. The van der Waals surface area contributed by atoms with Crippen molar-refractivity contribution in [2.45, 2.75) is 25.4 Å². The van der Waals surface area contributed by atoms with Gasteiger partial charge in [0.15, 0.2) is 0 Å². The molecule has 2 atom stereocenters. The normalized spacial score (nSPS) is 22.2. The molecule has 0 spiro atoms. The van der Waals surface area contributed by atoms with E-state index in [1.165, 1.54) is 6.20 Å². The summed E-state index contributed by atoms with van der Waals surface area (Å²) < 4.78 is 5.40. The molecule has 8 nitrogen and oxygen atoms in total. The number of halogens is 1. The van der Waals surface area contributed by atoms with E-state index in [1.807, 2.05) is 0 Å². The molecule has 2 fully saturated rings. The first kappa shape index (κ1) is 21.1. The van der Waals surface area contributed by atoms with Crippen LogP contribution < -0.4 is 10.6 Å². The fraction of sp³-hybridized carbons (Fsp3) is 0.524. The van der Waals surface area contributed by atoms with Crippen molar-refractivity contribution in [3.63, 3.8) is 0 Å². The molecule has 30 heavy (non-hydrogen) atoms. The maximum absolute atomic E-state index is 12.5. The molecule has 2 aliphatic heterocycles. The lowest BCUT2D eigenvalue weighted by Gasteiger charge is -2.22. The number of anilines is 1. The third-order valence-electron chi connectivity index (χ3n) is 5.69. The fourth-order valence-electron chi connectivity index (χ4n) is 3.86. The molecular formula is C21H26ClN5O3. The summed E-state index contributed by atoms with van der Waals surface area (Å²) in [6.07, 6.45) is 6.45. The number of carbonyl (C=O) groups excluding carboxylic acids is 1. The van der Waals surface area contributed by atoms with E-state index in [9.17, 15) is 9.90 Å². The van der Waals surface area contributed by atoms with Gasteiger partial charge in [-0.25, -0.2) is 4.98 Å². The van der Waals surface area contributed by atoms with Crippen molar-refractivity contribution in [1.29, 1.82) is 0 Å². The van der Waals surface area contributed by atoms with Gasteiger partial charge < -0.3 is 20.5 Å². The molecule has 2 saturated heterocycles. The van der Waals surface area contributed by atoms with Crippen molar-refractivity contribution >= 4 is 23.2 Å². The second-order valence-electron chi connectivity index (χ2n) is 7.86. The number of aliphatic hydroxyl groups excluding tert-OH is 1. The molecule has 9 heteroatoms. The third kappa shape index (κ3) is 5.13. The van der Waals surface area contributed by atoms with Gasteiger partial charge in [0.2, 0.25) is 0 Å². The molecule has 0 unspecified atom stereocenters. The molecule has 0 amide bonds. The van der Waals surface area contributed by atoms with Gasteiger partial charge in [-0.15, -0.1) is 0 Å². The number of pyridine rings is 1. The Bertz CT molecular complexity index is 891. The third-order valence-corrected chi connectivity index (χ3v) is 5.99. The number of nitrogens with one attached hydrogen (secondary N) is 2. The van der Waals surface area contributed by atoms with Gasteiger partial charge in [-0.05, 0) is 24.8 Å². The van der Waals surface area contributed by atoms with Gasteiger partial charge in [-0.3, -0.25) is 14.8 Å². The molecule has 0 radical (unpaired) electrons. The summed E-state index contributed by atoms with van der Waals surface area (Å²) in [6.45, 7) is 3.37. The van der Waals surface area contributed by atoms with Crippen LogP contribution in [0.15, 0.2) is 24.7 Å². The zero-order chi connectivity index (χ0) is 20.9. The zero-order valence-corrected chi connectivity index (χ0v) is 17.4. The summed E-state index contributed by atoms with van der Waals surface area (Å²) in [4.78, 5) is 25.8. The molecule has 0 bridgehead atoms. The Kier molecular flexibility index (Phi) is 6.89. The predicted molar refractivity (Wildman–Crippen MR) is 113 cm³/mol. The number of carbonyl (C=O) groups is 1. The minimum Gasteiger partial charge on any atom is -0.391 e.